The molecule has 3 N–H and O–H groups in total. The Morgan fingerprint density at radius 3 is 2.74 bits per heavy atom. The summed E-state index contributed by atoms with van der Waals surface area (Å²) in [4.78, 5) is 28.5. The van der Waals surface area contributed by atoms with Crippen LogP contribution in [-0.4, -0.2) is 27.6 Å². The number of hydrogen-bond acceptors (Lipinski definition) is 4. The second-order valence-corrected chi connectivity index (χ2v) is 5.45. The first-order valence-electron chi connectivity index (χ1n) is 6.32. The standard InChI is InChI=1S/C13H21N3O3/c1-9-15-10(8-11(17)16-9)14-7-6-13(2,3)5-4-12(18)19/h8H,4-7H2,1-3H3,(H,18,19)(H2,14,15,16,17). The van der Waals surface area contributed by atoms with Gasteiger partial charge in [-0.1, -0.05) is 13.8 Å². The zero-order valence-corrected chi connectivity index (χ0v) is 11.6. The molecule has 0 radical (unpaired) electrons. The molecule has 6 nitrogen and oxygen atoms in total. The van der Waals surface area contributed by atoms with Crippen LogP contribution < -0.4 is 10.9 Å². The lowest BCUT2D eigenvalue weighted by Gasteiger charge is -2.23. The molecule has 1 heterocycles. The predicted molar refractivity (Wildman–Crippen MR) is 73.4 cm³/mol. The van der Waals surface area contributed by atoms with Gasteiger partial charge < -0.3 is 15.4 Å². The summed E-state index contributed by atoms with van der Waals surface area (Å²) in [5.74, 6) is 0.350. The van der Waals surface area contributed by atoms with Crippen molar-refractivity contribution in [1.29, 1.82) is 0 Å². The summed E-state index contributed by atoms with van der Waals surface area (Å²) in [5, 5.41) is 11.8. The van der Waals surface area contributed by atoms with Gasteiger partial charge in [-0.15, -0.1) is 0 Å². The Balaban J connectivity index is 2.44. The van der Waals surface area contributed by atoms with Gasteiger partial charge in [-0.2, -0.15) is 0 Å². The van der Waals surface area contributed by atoms with Gasteiger partial charge in [0.25, 0.3) is 5.56 Å². The number of nitrogens with one attached hydrogen (secondary N) is 2. The molecule has 0 aromatic carbocycles. The minimum absolute atomic E-state index is 0.0539. The molecule has 0 amide bonds. The number of hydrogen-bond donors (Lipinski definition) is 3. The Bertz CT molecular complexity index is 494. The van der Waals surface area contributed by atoms with Crippen LogP contribution in [0.5, 0.6) is 0 Å². The summed E-state index contributed by atoms with van der Waals surface area (Å²) in [6.07, 6.45) is 1.62. The van der Waals surface area contributed by atoms with E-state index in [2.05, 4.69) is 15.3 Å². The third-order valence-electron chi connectivity index (χ3n) is 2.98. The highest BCUT2D eigenvalue weighted by molar-refractivity contribution is 5.66. The molecule has 0 aliphatic heterocycles. The van der Waals surface area contributed by atoms with E-state index in [-0.39, 0.29) is 17.4 Å². The number of H-pyrrole nitrogens is 1. The number of aliphatic carboxylic acids is 1. The number of aryl methyl sites for hydroxylation is 1. The molecule has 1 aromatic heterocycles. The molecule has 0 atom stereocenters. The van der Waals surface area contributed by atoms with E-state index >= 15 is 0 Å². The fraction of sp³-hybridized carbons (Fsp3) is 0.615. The minimum atomic E-state index is -0.770. The topological polar surface area (TPSA) is 95.1 Å². The number of carbonyl (C=O) groups is 1. The lowest BCUT2D eigenvalue weighted by atomic mass is 9.84. The summed E-state index contributed by atoms with van der Waals surface area (Å²) in [5.41, 5.74) is -0.234. The Morgan fingerprint density at radius 1 is 1.47 bits per heavy atom. The Kier molecular flexibility index (Phi) is 5.09. The van der Waals surface area contributed by atoms with Gasteiger partial charge in [0.1, 0.15) is 11.6 Å². The van der Waals surface area contributed by atoms with Gasteiger partial charge in [0.05, 0.1) is 0 Å². The number of carboxylic acid groups (broad SMARTS) is 1. The highest BCUT2D eigenvalue weighted by atomic mass is 16.4. The molecular formula is C13H21N3O3. The number of anilines is 1. The lowest BCUT2D eigenvalue weighted by molar-refractivity contribution is -0.137. The highest BCUT2D eigenvalue weighted by Crippen LogP contribution is 2.26. The zero-order valence-electron chi connectivity index (χ0n) is 11.6. The Morgan fingerprint density at radius 2 is 2.16 bits per heavy atom. The third-order valence-corrected chi connectivity index (χ3v) is 2.98. The van der Waals surface area contributed by atoms with Crippen molar-refractivity contribution < 1.29 is 9.90 Å². The van der Waals surface area contributed by atoms with Crippen LogP contribution in [0.3, 0.4) is 0 Å². The number of aromatic amines is 1. The summed E-state index contributed by atoms with van der Waals surface area (Å²) in [7, 11) is 0. The van der Waals surface area contributed by atoms with Crippen LogP contribution in [0.2, 0.25) is 0 Å². The van der Waals surface area contributed by atoms with Crippen LogP contribution >= 0.6 is 0 Å². The van der Waals surface area contributed by atoms with E-state index in [9.17, 15) is 9.59 Å². The van der Waals surface area contributed by atoms with Crippen molar-refractivity contribution >= 4 is 11.8 Å². The maximum absolute atomic E-state index is 11.2. The van der Waals surface area contributed by atoms with Gasteiger partial charge in [0.2, 0.25) is 0 Å². The normalized spacial score (nSPS) is 11.3. The molecule has 0 spiro atoms. The molecular weight excluding hydrogens is 246 g/mol. The van der Waals surface area contributed by atoms with Crippen LogP contribution in [-0.2, 0) is 4.79 Å². The van der Waals surface area contributed by atoms with Crippen LogP contribution in [0.1, 0.15) is 38.9 Å². The van der Waals surface area contributed by atoms with Crippen molar-refractivity contribution in [3.8, 4) is 0 Å². The maximum Gasteiger partial charge on any atom is 0.303 e. The summed E-state index contributed by atoms with van der Waals surface area (Å²) in [6.45, 7) is 6.45. The number of aromatic nitrogens is 2. The maximum atomic E-state index is 11.2. The van der Waals surface area contributed by atoms with Gasteiger partial charge in [0.15, 0.2) is 0 Å². The van der Waals surface area contributed by atoms with Crippen molar-refractivity contribution in [2.24, 2.45) is 5.41 Å². The first-order chi connectivity index (χ1) is 8.78. The largest absolute Gasteiger partial charge is 0.481 e. The molecule has 106 valence electrons. The van der Waals surface area contributed by atoms with Crippen LogP contribution in [0, 0.1) is 12.3 Å². The minimum Gasteiger partial charge on any atom is -0.481 e. The molecule has 1 rings (SSSR count). The highest BCUT2D eigenvalue weighted by Gasteiger charge is 2.18. The van der Waals surface area contributed by atoms with E-state index in [0.717, 1.165) is 6.42 Å². The van der Waals surface area contributed by atoms with E-state index in [4.69, 9.17) is 5.11 Å². The van der Waals surface area contributed by atoms with E-state index in [1.165, 1.54) is 6.07 Å². The molecule has 19 heavy (non-hydrogen) atoms. The SMILES string of the molecule is Cc1nc(NCCC(C)(C)CCC(=O)O)cc(=O)[nH]1. The smallest absolute Gasteiger partial charge is 0.303 e. The van der Waals surface area contributed by atoms with Gasteiger partial charge in [0, 0.05) is 19.0 Å². The van der Waals surface area contributed by atoms with Crippen LogP contribution in [0.15, 0.2) is 10.9 Å². The van der Waals surface area contributed by atoms with Crippen molar-refractivity contribution in [1.82, 2.24) is 9.97 Å². The fourth-order valence-electron chi connectivity index (χ4n) is 1.77. The average molecular weight is 267 g/mol. The first-order valence-corrected chi connectivity index (χ1v) is 6.32. The van der Waals surface area contributed by atoms with Crippen molar-refractivity contribution in [3.05, 3.63) is 22.2 Å². The summed E-state index contributed by atoms with van der Waals surface area (Å²) in [6, 6.07) is 1.41. The lowest BCUT2D eigenvalue weighted by Crippen LogP contribution is -2.19. The second kappa shape index (κ2) is 6.36. The van der Waals surface area contributed by atoms with Gasteiger partial charge >= 0.3 is 5.97 Å². The van der Waals surface area contributed by atoms with Crippen molar-refractivity contribution in [3.63, 3.8) is 0 Å². The number of carboxylic acids is 1. The first kappa shape index (κ1) is 15.2. The predicted octanol–water partition coefficient (Wildman–Crippen LogP) is 1.77. The van der Waals surface area contributed by atoms with E-state index in [1.54, 1.807) is 6.92 Å². The van der Waals surface area contributed by atoms with Crippen LogP contribution in [0.25, 0.3) is 0 Å². The van der Waals surface area contributed by atoms with E-state index < -0.39 is 5.97 Å². The quantitative estimate of drug-likeness (QED) is 0.699. The third kappa shape index (κ3) is 6.03. The molecule has 0 aliphatic rings. The molecule has 0 saturated carbocycles. The van der Waals surface area contributed by atoms with Gasteiger partial charge in [-0.3, -0.25) is 9.59 Å². The molecule has 0 aliphatic carbocycles. The number of rotatable bonds is 7. The molecule has 0 unspecified atom stereocenters. The zero-order chi connectivity index (χ0) is 14.5. The number of nitrogens with zero attached hydrogens (tertiary/aromatic N) is 1. The Labute approximate surface area is 112 Å². The molecule has 1 aromatic rings. The fourth-order valence-corrected chi connectivity index (χ4v) is 1.77. The second-order valence-electron chi connectivity index (χ2n) is 5.45. The molecule has 0 fully saturated rings. The average Bonchev–Trinajstić information content (AvgIpc) is 2.25. The van der Waals surface area contributed by atoms with E-state index in [0.29, 0.717) is 24.6 Å². The van der Waals surface area contributed by atoms with Crippen LogP contribution in [0.4, 0.5) is 5.82 Å². The molecule has 6 heteroatoms. The monoisotopic (exact) mass is 267 g/mol. The van der Waals surface area contributed by atoms with Gasteiger partial charge in [-0.05, 0) is 25.2 Å². The summed E-state index contributed by atoms with van der Waals surface area (Å²) < 4.78 is 0. The van der Waals surface area contributed by atoms with Crippen molar-refractivity contribution in [2.45, 2.75) is 40.0 Å². The van der Waals surface area contributed by atoms with E-state index in [1.807, 2.05) is 13.8 Å². The molecule has 0 bridgehead atoms. The molecule has 0 saturated heterocycles. The van der Waals surface area contributed by atoms with Crippen molar-refractivity contribution in [2.75, 3.05) is 11.9 Å². The summed E-state index contributed by atoms with van der Waals surface area (Å²) >= 11 is 0. The Hall–Kier alpha value is -1.85. The van der Waals surface area contributed by atoms with Gasteiger partial charge in [-0.25, -0.2) is 4.98 Å².